The molecule has 13 heavy (non-hydrogen) atoms. The lowest BCUT2D eigenvalue weighted by molar-refractivity contribution is -0.129. The average molecular weight is 185 g/mol. The predicted octanol–water partition coefficient (Wildman–Crippen LogP) is 0.712. The second-order valence-electron chi connectivity index (χ2n) is 2.93. The molecule has 0 bridgehead atoms. The first-order valence-electron chi connectivity index (χ1n) is 3.87. The molecule has 0 aromatic heterocycles. The summed E-state index contributed by atoms with van der Waals surface area (Å²) < 4.78 is 5.05. The Bertz CT molecular complexity index is 282. The summed E-state index contributed by atoms with van der Waals surface area (Å²) in [6.45, 7) is 1.76. The van der Waals surface area contributed by atoms with Gasteiger partial charge in [-0.1, -0.05) is 0 Å². The Morgan fingerprint density at radius 1 is 1.69 bits per heavy atom. The summed E-state index contributed by atoms with van der Waals surface area (Å²) in [4.78, 5) is 10.4. The number of nitrogens with one attached hydrogen (secondary N) is 1. The van der Waals surface area contributed by atoms with Crippen molar-refractivity contribution < 1.29 is 19.7 Å². The third-order valence-corrected chi connectivity index (χ3v) is 1.86. The molecule has 0 amide bonds. The highest BCUT2D eigenvalue weighted by Gasteiger charge is 2.24. The average Bonchev–Trinajstić information content (AvgIpc) is 2.08. The second-order valence-corrected chi connectivity index (χ2v) is 2.93. The standard InChI is InChI=1S/C8H11NO4/c1-4-2-5(6(10)3-13-4)7(9)8(11)12/h4,9-10H,2-3H2,1H3,(H,11,12). The highest BCUT2D eigenvalue weighted by molar-refractivity contribution is 6.41. The van der Waals surface area contributed by atoms with E-state index in [1.54, 1.807) is 6.92 Å². The Morgan fingerprint density at radius 3 is 2.85 bits per heavy atom. The van der Waals surface area contributed by atoms with E-state index in [1.165, 1.54) is 0 Å². The molecule has 0 aromatic rings. The summed E-state index contributed by atoms with van der Waals surface area (Å²) >= 11 is 0. The van der Waals surface area contributed by atoms with Gasteiger partial charge in [0, 0.05) is 12.0 Å². The molecule has 3 N–H and O–H groups in total. The van der Waals surface area contributed by atoms with Gasteiger partial charge in [0.05, 0.1) is 6.10 Å². The van der Waals surface area contributed by atoms with Crippen LogP contribution in [0.3, 0.4) is 0 Å². The van der Waals surface area contributed by atoms with E-state index >= 15 is 0 Å². The number of aliphatic hydroxyl groups excluding tert-OH is 1. The molecule has 1 heterocycles. The van der Waals surface area contributed by atoms with E-state index in [9.17, 15) is 9.90 Å². The number of aliphatic hydroxyl groups is 1. The topological polar surface area (TPSA) is 90.6 Å². The molecular weight excluding hydrogens is 174 g/mol. The lowest BCUT2D eigenvalue weighted by Crippen LogP contribution is -2.26. The van der Waals surface area contributed by atoms with Crippen LogP contribution in [0.2, 0.25) is 0 Å². The summed E-state index contributed by atoms with van der Waals surface area (Å²) in [5, 5.41) is 25.0. The summed E-state index contributed by atoms with van der Waals surface area (Å²) in [6, 6.07) is 0. The third kappa shape index (κ3) is 2.06. The first-order chi connectivity index (χ1) is 6.02. The summed E-state index contributed by atoms with van der Waals surface area (Å²) in [7, 11) is 0. The highest BCUT2D eigenvalue weighted by Crippen LogP contribution is 2.19. The van der Waals surface area contributed by atoms with Gasteiger partial charge in [-0.2, -0.15) is 0 Å². The fourth-order valence-electron chi connectivity index (χ4n) is 1.15. The van der Waals surface area contributed by atoms with Gasteiger partial charge < -0.3 is 14.9 Å². The van der Waals surface area contributed by atoms with Crippen LogP contribution in [-0.4, -0.2) is 34.6 Å². The number of hydrogen-bond donors (Lipinski definition) is 3. The van der Waals surface area contributed by atoms with E-state index in [-0.39, 0.29) is 30.5 Å². The van der Waals surface area contributed by atoms with E-state index in [4.69, 9.17) is 15.3 Å². The van der Waals surface area contributed by atoms with Crippen molar-refractivity contribution in [2.75, 3.05) is 6.61 Å². The molecule has 1 rings (SSSR count). The maximum Gasteiger partial charge on any atom is 0.354 e. The van der Waals surface area contributed by atoms with Crippen LogP contribution in [0.4, 0.5) is 0 Å². The zero-order chi connectivity index (χ0) is 10.0. The molecule has 0 saturated heterocycles. The molecule has 0 aromatic carbocycles. The van der Waals surface area contributed by atoms with Crippen LogP contribution < -0.4 is 0 Å². The molecule has 0 saturated carbocycles. The molecule has 0 spiro atoms. The third-order valence-electron chi connectivity index (χ3n) is 1.86. The number of aliphatic carboxylic acids is 1. The highest BCUT2D eigenvalue weighted by atomic mass is 16.5. The monoisotopic (exact) mass is 185 g/mol. The van der Waals surface area contributed by atoms with Crippen LogP contribution >= 0.6 is 0 Å². The van der Waals surface area contributed by atoms with Crippen molar-refractivity contribution in [2.24, 2.45) is 0 Å². The minimum atomic E-state index is -1.32. The van der Waals surface area contributed by atoms with Crippen LogP contribution in [0.1, 0.15) is 13.3 Å². The number of rotatable bonds is 2. The number of carboxylic acids is 1. The van der Waals surface area contributed by atoms with Gasteiger partial charge in [-0.3, -0.25) is 5.41 Å². The summed E-state index contributed by atoms with van der Waals surface area (Å²) in [6.07, 6.45) is 0.127. The Morgan fingerprint density at radius 2 is 2.31 bits per heavy atom. The maximum atomic E-state index is 10.4. The molecule has 0 radical (unpaired) electrons. The molecule has 1 aliphatic heterocycles. The van der Waals surface area contributed by atoms with Gasteiger partial charge in [0.1, 0.15) is 18.1 Å². The Balaban J connectivity index is 2.88. The summed E-state index contributed by atoms with van der Waals surface area (Å²) in [5.41, 5.74) is -0.376. The molecule has 1 aliphatic rings. The molecule has 0 fully saturated rings. The molecular formula is C8H11NO4. The molecule has 5 nitrogen and oxygen atoms in total. The fourth-order valence-corrected chi connectivity index (χ4v) is 1.15. The Labute approximate surface area is 75.1 Å². The van der Waals surface area contributed by atoms with Crippen molar-refractivity contribution in [2.45, 2.75) is 19.4 Å². The van der Waals surface area contributed by atoms with Gasteiger partial charge in [-0.25, -0.2) is 4.79 Å². The van der Waals surface area contributed by atoms with Gasteiger partial charge >= 0.3 is 5.97 Å². The minimum Gasteiger partial charge on any atom is -0.509 e. The van der Waals surface area contributed by atoms with Crippen LogP contribution in [0.15, 0.2) is 11.3 Å². The quantitative estimate of drug-likeness (QED) is 0.552. The van der Waals surface area contributed by atoms with Crippen LogP contribution in [0.25, 0.3) is 0 Å². The van der Waals surface area contributed by atoms with Crippen molar-refractivity contribution in [3.63, 3.8) is 0 Å². The molecule has 1 atom stereocenters. The zero-order valence-corrected chi connectivity index (χ0v) is 7.20. The van der Waals surface area contributed by atoms with Crippen molar-refractivity contribution >= 4 is 11.7 Å². The van der Waals surface area contributed by atoms with Gasteiger partial charge in [-0.05, 0) is 6.92 Å². The van der Waals surface area contributed by atoms with Gasteiger partial charge in [-0.15, -0.1) is 0 Å². The molecule has 0 aliphatic carbocycles. The molecule has 1 unspecified atom stereocenters. The number of hydrogen-bond acceptors (Lipinski definition) is 4. The zero-order valence-electron chi connectivity index (χ0n) is 7.20. The van der Waals surface area contributed by atoms with E-state index in [2.05, 4.69) is 0 Å². The van der Waals surface area contributed by atoms with E-state index in [0.717, 1.165) is 0 Å². The Kier molecular flexibility index (Phi) is 2.67. The number of carboxylic acid groups (broad SMARTS) is 1. The van der Waals surface area contributed by atoms with Crippen molar-refractivity contribution in [1.82, 2.24) is 0 Å². The van der Waals surface area contributed by atoms with Crippen molar-refractivity contribution in [1.29, 1.82) is 5.41 Å². The smallest absolute Gasteiger partial charge is 0.354 e. The maximum absolute atomic E-state index is 10.4. The Hall–Kier alpha value is -1.36. The number of ether oxygens (including phenoxy) is 1. The first-order valence-corrected chi connectivity index (χ1v) is 3.87. The van der Waals surface area contributed by atoms with Crippen molar-refractivity contribution in [3.8, 4) is 0 Å². The van der Waals surface area contributed by atoms with Gasteiger partial charge in [0.15, 0.2) is 0 Å². The van der Waals surface area contributed by atoms with E-state index in [0.29, 0.717) is 0 Å². The van der Waals surface area contributed by atoms with E-state index < -0.39 is 11.7 Å². The largest absolute Gasteiger partial charge is 0.509 e. The second kappa shape index (κ2) is 3.57. The van der Waals surface area contributed by atoms with Crippen LogP contribution in [-0.2, 0) is 9.53 Å². The van der Waals surface area contributed by atoms with Gasteiger partial charge in [0.25, 0.3) is 0 Å². The van der Waals surface area contributed by atoms with Crippen LogP contribution in [0.5, 0.6) is 0 Å². The molecule has 72 valence electrons. The molecule has 5 heteroatoms. The lowest BCUT2D eigenvalue weighted by Gasteiger charge is -2.21. The lowest BCUT2D eigenvalue weighted by atomic mass is 10.0. The van der Waals surface area contributed by atoms with Crippen molar-refractivity contribution in [3.05, 3.63) is 11.3 Å². The number of carbonyl (C=O) groups is 1. The van der Waals surface area contributed by atoms with E-state index in [1.807, 2.05) is 0 Å². The first kappa shape index (κ1) is 9.73. The minimum absolute atomic E-state index is 0.00778. The fraction of sp³-hybridized carbons (Fsp3) is 0.500. The van der Waals surface area contributed by atoms with Gasteiger partial charge in [0.2, 0.25) is 0 Å². The van der Waals surface area contributed by atoms with Crippen LogP contribution in [0, 0.1) is 5.41 Å². The summed E-state index contributed by atoms with van der Waals surface area (Å²) in [5.74, 6) is -1.47. The normalized spacial score (nSPS) is 23.0. The predicted molar refractivity (Wildman–Crippen MR) is 45.0 cm³/mol. The SMILES string of the molecule is CC1CC(C(=N)C(=O)O)=C(O)CO1.